The lowest BCUT2D eigenvalue weighted by Crippen LogP contribution is -2.33. The number of nitriles is 1. The van der Waals surface area contributed by atoms with Crippen molar-refractivity contribution in [2.24, 2.45) is 0 Å². The molecule has 1 saturated carbocycles. The summed E-state index contributed by atoms with van der Waals surface area (Å²) in [5.74, 6) is -0.653. The van der Waals surface area contributed by atoms with Crippen molar-refractivity contribution in [3.05, 3.63) is 59.4 Å². The molecule has 0 bridgehead atoms. The molecule has 1 heterocycles. The van der Waals surface area contributed by atoms with Crippen LogP contribution in [0.25, 0.3) is 0 Å². The molecule has 1 fully saturated rings. The second-order valence-corrected chi connectivity index (χ2v) is 6.01. The van der Waals surface area contributed by atoms with Gasteiger partial charge in [0.15, 0.2) is 0 Å². The number of carbonyl (C=O) groups excluding carboxylic acids is 2. The third-order valence-corrected chi connectivity index (χ3v) is 4.18. The smallest absolute Gasteiger partial charge is 0.274 e. The number of benzene rings is 1. The number of anilines is 1. The summed E-state index contributed by atoms with van der Waals surface area (Å²) in [6.45, 7) is 0. The first-order valence-corrected chi connectivity index (χ1v) is 8.25. The zero-order chi connectivity index (χ0) is 17.6. The van der Waals surface area contributed by atoms with Gasteiger partial charge in [-0.1, -0.05) is 18.9 Å². The summed E-state index contributed by atoms with van der Waals surface area (Å²) in [4.78, 5) is 28.8. The Bertz CT molecular complexity index is 818. The number of hydrogen-bond donors (Lipinski definition) is 2. The summed E-state index contributed by atoms with van der Waals surface area (Å²) >= 11 is 0. The van der Waals surface area contributed by atoms with Crippen LogP contribution in [-0.2, 0) is 0 Å². The first kappa shape index (κ1) is 16.7. The Kier molecular flexibility index (Phi) is 5.05. The standard InChI is InChI=1S/C19H18N4O2/c20-12-13-8-10-15(11-9-13)22-19(25)17-7-3-6-16(23-17)18(24)21-14-4-1-2-5-14/h3,6-11,14H,1-2,4-5H2,(H,21,24)(H,22,25). The van der Waals surface area contributed by atoms with Crippen LogP contribution in [0.3, 0.4) is 0 Å². The monoisotopic (exact) mass is 334 g/mol. The fraction of sp³-hybridized carbons (Fsp3) is 0.263. The third kappa shape index (κ3) is 4.21. The number of amides is 2. The van der Waals surface area contributed by atoms with E-state index in [0.29, 0.717) is 11.3 Å². The van der Waals surface area contributed by atoms with Crippen LogP contribution >= 0.6 is 0 Å². The molecule has 1 aliphatic rings. The number of hydrogen-bond acceptors (Lipinski definition) is 4. The van der Waals surface area contributed by atoms with Crippen LogP contribution in [0.1, 0.15) is 52.2 Å². The highest BCUT2D eigenvalue weighted by Crippen LogP contribution is 2.18. The van der Waals surface area contributed by atoms with E-state index in [1.165, 1.54) is 0 Å². The summed E-state index contributed by atoms with van der Waals surface area (Å²) in [5, 5.41) is 14.5. The van der Waals surface area contributed by atoms with E-state index < -0.39 is 5.91 Å². The lowest BCUT2D eigenvalue weighted by molar-refractivity contribution is 0.0932. The molecule has 6 heteroatoms. The van der Waals surface area contributed by atoms with Crippen molar-refractivity contribution in [1.29, 1.82) is 5.26 Å². The van der Waals surface area contributed by atoms with Gasteiger partial charge < -0.3 is 10.6 Å². The van der Waals surface area contributed by atoms with Crippen LogP contribution in [0.5, 0.6) is 0 Å². The van der Waals surface area contributed by atoms with Crippen molar-refractivity contribution in [2.45, 2.75) is 31.7 Å². The second kappa shape index (κ2) is 7.58. The van der Waals surface area contributed by atoms with Crippen LogP contribution in [0.2, 0.25) is 0 Å². The number of rotatable bonds is 4. The fourth-order valence-electron chi connectivity index (χ4n) is 2.84. The van der Waals surface area contributed by atoms with Crippen LogP contribution in [-0.4, -0.2) is 22.8 Å². The van der Waals surface area contributed by atoms with Crippen molar-refractivity contribution in [1.82, 2.24) is 10.3 Å². The van der Waals surface area contributed by atoms with Gasteiger partial charge in [-0.25, -0.2) is 4.98 Å². The summed E-state index contributed by atoms with van der Waals surface area (Å²) < 4.78 is 0. The van der Waals surface area contributed by atoms with Gasteiger partial charge in [0.05, 0.1) is 11.6 Å². The van der Waals surface area contributed by atoms with Gasteiger partial charge >= 0.3 is 0 Å². The first-order valence-electron chi connectivity index (χ1n) is 8.25. The molecule has 0 atom stereocenters. The molecule has 0 spiro atoms. The molecule has 126 valence electrons. The van der Waals surface area contributed by atoms with Gasteiger partial charge in [-0.15, -0.1) is 0 Å². The zero-order valence-corrected chi connectivity index (χ0v) is 13.7. The molecule has 1 aromatic carbocycles. The Morgan fingerprint density at radius 2 is 1.64 bits per heavy atom. The second-order valence-electron chi connectivity index (χ2n) is 6.01. The van der Waals surface area contributed by atoms with Crippen LogP contribution in [0, 0.1) is 11.3 Å². The Labute approximate surface area is 145 Å². The Morgan fingerprint density at radius 1 is 1.00 bits per heavy atom. The molecule has 0 aliphatic heterocycles. The molecule has 3 rings (SSSR count). The molecule has 1 aromatic heterocycles. The van der Waals surface area contributed by atoms with Gasteiger partial charge in [-0.05, 0) is 49.2 Å². The maximum Gasteiger partial charge on any atom is 0.274 e. The summed E-state index contributed by atoms with van der Waals surface area (Å²) in [6.07, 6.45) is 4.24. The molecule has 6 nitrogen and oxygen atoms in total. The van der Waals surface area contributed by atoms with Gasteiger partial charge in [0, 0.05) is 11.7 Å². The van der Waals surface area contributed by atoms with Crippen LogP contribution in [0.15, 0.2) is 42.5 Å². The molecule has 0 saturated heterocycles. The van der Waals surface area contributed by atoms with E-state index in [9.17, 15) is 9.59 Å². The minimum absolute atomic E-state index is 0.170. The molecular formula is C19H18N4O2. The van der Waals surface area contributed by atoms with Crippen LogP contribution < -0.4 is 10.6 Å². The van der Waals surface area contributed by atoms with Crippen molar-refractivity contribution in [2.75, 3.05) is 5.32 Å². The SMILES string of the molecule is N#Cc1ccc(NC(=O)c2cccc(C(=O)NC3CCCC3)n2)cc1. The predicted molar refractivity (Wildman–Crippen MR) is 93.1 cm³/mol. The maximum absolute atomic E-state index is 12.3. The van der Waals surface area contributed by atoms with Gasteiger partial charge in [-0.2, -0.15) is 5.26 Å². The Balaban J connectivity index is 1.68. The number of carbonyl (C=O) groups is 2. The summed E-state index contributed by atoms with van der Waals surface area (Å²) in [6, 6.07) is 13.6. The molecule has 25 heavy (non-hydrogen) atoms. The van der Waals surface area contributed by atoms with Gasteiger partial charge in [0.2, 0.25) is 0 Å². The Hall–Kier alpha value is -3.20. The van der Waals surface area contributed by atoms with Crippen molar-refractivity contribution >= 4 is 17.5 Å². The lowest BCUT2D eigenvalue weighted by atomic mass is 10.2. The van der Waals surface area contributed by atoms with Gasteiger partial charge in [-0.3, -0.25) is 9.59 Å². The first-order chi connectivity index (χ1) is 12.2. The van der Waals surface area contributed by atoms with Crippen molar-refractivity contribution in [3.8, 4) is 6.07 Å². The fourth-order valence-corrected chi connectivity index (χ4v) is 2.84. The Morgan fingerprint density at radius 3 is 2.28 bits per heavy atom. The molecule has 0 unspecified atom stereocenters. The topological polar surface area (TPSA) is 94.9 Å². The molecule has 2 amide bonds. The number of nitrogens with one attached hydrogen (secondary N) is 2. The van der Waals surface area contributed by atoms with Crippen LogP contribution in [0.4, 0.5) is 5.69 Å². The van der Waals surface area contributed by atoms with E-state index in [-0.39, 0.29) is 23.3 Å². The third-order valence-electron chi connectivity index (χ3n) is 4.18. The quantitative estimate of drug-likeness (QED) is 0.899. The van der Waals surface area contributed by atoms with E-state index in [1.54, 1.807) is 42.5 Å². The minimum Gasteiger partial charge on any atom is -0.348 e. The highest BCUT2D eigenvalue weighted by atomic mass is 16.2. The lowest BCUT2D eigenvalue weighted by Gasteiger charge is -2.12. The number of aromatic nitrogens is 1. The summed E-state index contributed by atoms with van der Waals surface area (Å²) in [5.41, 5.74) is 1.48. The number of pyridine rings is 1. The van der Waals surface area contributed by atoms with E-state index in [2.05, 4.69) is 15.6 Å². The van der Waals surface area contributed by atoms with E-state index in [4.69, 9.17) is 5.26 Å². The predicted octanol–water partition coefficient (Wildman–Crippen LogP) is 2.88. The van der Waals surface area contributed by atoms with E-state index in [1.807, 2.05) is 6.07 Å². The highest BCUT2D eigenvalue weighted by Gasteiger charge is 2.19. The minimum atomic E-state index is -0.403. The molecule has 2 N–H and O–H groups in total. The average Bonchev–Trinajstić information content (AvgIpc) is 3.15. The molecule has 0 radical (unpaired) electrons. The van der Waals surface area contributed by atoms with Gasteiger partial charge in [0.25, 0.3) is 11.8 Å². The maximum atomic E-state index is 12.3. The average molecular weight is 334 g/mol. The zero-order valence-electron chi connectivity index (χ0n) is 13.7. The molecule has 2 aromatic rings. The molecule has 1 aliphatic carbocycles. The molecular weight excluding hydrogens is 316 g/mol. The van der Waals surface area contributed by atoms with Gasteiger partial charge in [0.1, 0.15) is 11.4 Å². The number of nitrogens with zero attached hydrogens (tertiary/aromatic N) is 2. The largest absolute Gasteiger partial charge is 0.348 e. The van der Waals surface area contributed by atoms with Crippen molar-refractivity contribution in [3.63, 3.8) is 0 Å². The van der Waals surface area contributed by atoms with Crippen molar-refractivity contribution < 1.29 is 9.59 Å². The van der Waals surface area contributed by atoms with E-state index >= 15 is 0 Å². The summed E-state index contributed by atoms with van der Waals surface area (Å²) in [7, 11) is 0. The van der Waals surface area contributed by atoms with E-state index in [0.717, 1.165) is 25.7 Å². The normalized spacial score (nSPS) is 13.9. The highest BCUT2D eigenvalue weighted by molar-refractivity contribution is 6.03.